The van der Waals surface area contributed by atoms with E-state index in [0.717, 1.165) is 11.1 Å². The summed E-state index contributed by atoms with van der Waals surface area (Å²) in [6, 6.07) is 10.7. The molecule has 0 spiro atoms. The van der Waals surface area contributed by atoms with Gasteiger partial charge in [0, 0.05) is 34.1 Å². The number of Topliss-reactive ketones (excluding diaryl/α,β-unsaturated/α-hetero) is 4. The summed E-state index contributed by atoms with van der Waals surface area (Å²) in [5, 5.41) is 0. The third-order valence-corrected chi connectivity index (χ3v) is 5.41. The lowest BCUT2D eigenvalue weighted by atomic mass is 9.76. The van der Waals surface area contributed by atoms with Gasteiger partial charge in [-0.15, -0.1) is 0 Å². The van der Waals surface area contributed by atoms with E-state index in [1.54, 1.807) is 31.2 Å². The Morgan fingerprint density at radius 3 is 2.11 bits per heavy atom. The molecule has 1 aliphatic carbocycles. The van der Waals surface area contributed by atoms with Crippen LogP contribution in [0.15, 0.2) is 36.4 Å². The maximum Gasteiger partial charge on any atom is 0.171 e. The Hall–Kier alpha value is -2.88. The van der Waals surface area contributed by atoms with E-state index in [9.17, 15) is 19.2 Å². The van der Waals surface area contributed by atoms with Crippen LogP contribution >= 0.6 is 0 Å². The normalized spacial score (nSPS) is 13.6. The summed E-state index contributed by atoms with van der Waals surface area (Å²) >= 11 is 0. The molecule has 0 fully saturated rings. The van der Waals surface area contributed by atoms with Gasteiger partial charge >= 0.3 is 0 Å². The van der Waals surface area contributed by atoms with Crippen LogP contribution in [-0.4, -0.2) is 23.1 Å². The minimum Gasteiger partial charge on any atom is -0.294 e. The van der Waals surface area contributed by atoms with Gasteiger partial charge in [-0.3, -0.25) is 19.2 Å². The predicted molar refractivity (Wildman–Crippen MR) is 103 cm³/mol. The van der Waals surface area contributed by atoms with Crippen molar-refractivity contribution in [2.75, 3.05) is 0 Å². The van der Waals surface area contributed by atoms with Gasteiger partial charge in [0.25, 0.3) is 0 Å². The smallest absolute Gasteiger partial charge is 0.171 e. The van der Waals surface area contributed by atoms with Crippen molar-refractivity contribution in [1.82, 2.24) is 0 Å². The van der Waals surface area contributed by atoms with Gasteiger partial charge in [0.1, 0.15) is 0 Å². The number of benzene rings is 2. The van der Waals surface area contributed by atoms with E-state index in [4.69, 9.17) is 0 Å². The van der Waals surface area contributed by atoms with Crippen molar-refractivity contribution in [2.45, 2.75) is 46.0 Å². The number of ketones is 4. The average molecular weight is 362 g/mol. The second kappa shape index (κ2) is 6.69. The van der Waals surface area contributed by atoms with Crippen molar-refractivity contribution in [3.05, 3.63) is 69.8 Å². The molecule has 0 heterocycles. The highest BCUT2D eigenvalue weighted by molar-refractivity contribution is 6.24. The van der Waals surface area contributed by atoms with Crippen LogP contribution in [0.2, 0.25) is 0 Å². The van der Waals surface area contributed by atoms with Gasteiger partial charge in [0.2, 0.25) is 0 Å². The Morgan fingerprint density at radius 1 is 0.889 bits per heavy atom. The van der Waals surface area contributed by atoms with Crippen LogP contribution in [0.4, 0.5) is 0 Å². The Kier molecular flexibility index (Phi) is 4.68. The molecule has 4 nitrogen and oxygen atoms in total. The van der Waals surface area contributed by atoms with Crippen molar-refractivity contribution in [3.8, 4) is 0 Å². The largest absolute Gasteiger partial charge is 0.294 e. The molecule has 0 aromatic heterocycles. The minimum absolute atomic E-state index is 0.0678. The zero-order valence-electron chi connectivity index (χ0n) is 16.0. The standard InChI is InChI=1S/C23H22O4/c1-5-20(25)18-10-14(6-8-16(18)13(2)24)23(3,4)15-7-9-17-19(11-15)22(27)12-21(17)26/h6-11H,5,12H2,1-4H3. The van der Waals surface area contributed by atoms with Crippen LogP contribution in [0.3, 0.4) is 0 Å². The quantitative estimate of drug-likeness (QED) is 0.577. The van der Waals surface area contributed by atoms with E-state index >= 15 is 0 Å². The summed E-state index contributed by atoms with van der Waals surface area (Å²) in [6.07, 6.45) is 0.251. The molecule has 0 saturated carbocycles. The summed E-state index contributed by atoms with van der Waals surface area (Å²) in [6.45, 7) is 7.22. The summed E-state index contributed by atoms with van der Waals surface area (Å²) in [7, 11) is 0. The SMILES string of the molecule is CCC(=O)c1cc(C(C)(C)c2ccc3c(c2)C(=O)CC3=O)ccc1C(C)=O. The van der Waals surface area contributed by atoms with Crippen LogP contribution in [0.1, 0.15) is 93.1 Å². The van der Waals surface area contributed by atoms with Gasteiger partial charge in [-0.1, -0.05) is 45.0 Å². The molecular weight excluding hydrogens is 340 g/mol. The van der Waals surface area contributed by atoms with Gasteiger partial charge in [-0.05, 0) is 30.2 Å². The maximum atomic E-state index is 12.4. The first-order valence-electron chi connectivity index (χ1n) is 9.06. The molecule has 1 aliphatic rings. The van der Waals surface area contributed by atoms with E-state index in [-0.39, 0.29) is 29.6 Å². The molecule has 27 heavy (non-hydrogen) atoms. The van der Waals surface area contributed by atoms with E-state index in [1.807, 2.05) is 26.0 Å². The molecule has 2 aromatic rings. The molecule has 0 N–H and O–H groups in total. The zero-order valence-corrected chi connectivity index (χ0v) is 16.0. The molecule has 0 unspecified atom stereocenters. The second-order valence-corrected chi connectivity index (χ2v) is 7.50. The molecule has 3 rings (SSSR count). The number of hydrogen-bond donors (Lipinski definition) is 0. The molecule has 138 valence electrons. The van der Waals surface area contributed by atoms with Gasteiger partial charge < -0.3 is 0 Å². The average Bonchev–Trinajstić information content (AvgIpc) is 2.94. The lowest BCUT2D eigenvalue weighted by molar-refractivity contribution is 0.0920. The van der Waals surface area contributed by atoms with Crippen molar-refractivity contribution < 1.29 is 19.2 Å². The van der Waals surface area contributed by atoms with E-state index in [0.29, 0.717) is 28.7 Å². The number of rotatable bonds is 5. The summed E-state index contributed by atoms with van der Waals surface area (Å²) < 4.78 is 0. The van der Waals surface area contributed by atoms with Crippen molar-refractivity contribution in [2.24, 2.45) is 0 Å². The highest BCUT2D eigenvalue weighted by Gasteiger charge is 2.31. The molecule has 0 amide bonds. The van der Waals surface area contributed by atoms with Crippen LogP contribution in [0.25, 0.3) is 0 Å². The highest BCUT2D eigenvalue weighted by atomic mass is 16.2. The monoisotopic (exact) mass is 362 g/mol. The van der Waals surface area contributed by atoms with Gasteiger partial charge in [-0.25, -0.2) is 0 Å². The second-order valence-electron chi connectivity index (χ2n) is 7.50. The van der Waals surface area contributed by atoms with Crippen LogP contribution < -0.4 is 0 Å². The number of carbonyl (C=O) groups is 4. The topological polar surface area (TPSA) is 68.3 Å². The molecule has 0 saturated heterocycles. The molecule has 0 atom stereocenters. The van der Waals surface area contributed by atoms with E-state index in [2.05, 4.69) is 0 Å². The lowest BCUT2D eigenvalue weighted by Gasteiger charge is -2.27. The number of fused-ring (bicyclic) bond motifs is 1. The van der Waals surface area contributed by atoms with E-state index in [1.165, 1.54) is 6.92 Å². The van der Waals surface area contributed by atoms with Crippen molar-refractivity contribution >= 4 is 23.1 Å². The summed E-state index contributed by atoms with van der Waals surface area (Å²) in [5.74, 6) is -0.507. The van der Waals surface area contributed by atoms with Gasteiger partial charge in [-0.2, -0.15) is 0 Å². The fraction of sp³-hybridized carbons (Fsp3) is 0.304. The summed E-state index contributed by atoms with van der Waals surface area (Å²) in [4.78, 5) is 48.2. The fourth-order valence-electron chi connectivity index (χ4n) is 3.57. The Morgan fingerprint density at radius 2 is 1.48 bits per heavy atom. The van der Waals surface area contributed by atoms with Crippen LogP contribution in [-0.2, 0) is 5.41 Å². The first-order chi connectivity index (χ1) is 12.7. The fourth-order valence-corrected chi connectivity index (χ4v) is 3.57. The number of carbonyl (C=O) groups excluding carboxylic acids is 4. The number of hydrogen-bond acceptors (Lipinski definition) is 4. The maximum absolute atomic E-state index is 12.4. The van der Waals surface area contributed by atoms with Gasteiger partial charge in [0.15, 0.2) is 23.1 Å². The molecule has 0 aliphatic heterocycles. The molecular formula is C23H22O4. The van der Waals surface area contributed by atoms with Crippen LogP contribution in [0.5, 0.6) is 0 Å². The van der Waals surface area contributed by atoms with Gasteiger partial charge in [0.05, 0.1) is 6.42 Å². The molecule has 0 bridgehead atoms. The lowest BCUT2D eigenvalue weighted by Crippen LogP contribution is -2.21. The molecule has 0 radical (unpaired) electrons. The van der Waals surface area contributed by atoms with Crippen molar-refractivity contribution in [1.29, 1.82) is 0 Å². The zero-order chi connectivity index (χ0) is 19.9. The Balaban J connectivity index is 2.12. The first-order valence-corrected chi connectivity index (χ1v) is 9.06. The van der Waals surface area contributed by atoms with Crippen LogP contribution in [0, 0.1) is 0 Å². The van der Waals surface area contributed by atoms with E-state index < -0.39 is 5.41 Å². The minimum atomic E-state index is -0.501. The third-order valence-electron chi connectivity index (χ3n) is 5.41. The first kappa shape index (κ1) is 18.9. The molecule has 2 aromatic carbocycles. The molecule has 4 heteroatoms. The Bertz CT molecular complexity index is 995. The van der Waals surface area contributed by atoms with Crippen molar-refractivity contribution in [3.63, 3.8) is 0 Å². The Labute approximate surface area is 158 Å². The highest BCUT2D eigenvalue weighted by Crippen LogP contribution is 2.35. The third kappa shape index (κ3) is 3.16. The predicted octanol–water partition coefficient (Wildman–Crippen LogP) is 4.58. The summed E-state index contributed by atoms with van der Waals surface area (Å²) in [5.41, 5.74) is 3.07.